The monoisotopic (exact) mass is 402 g/mol. The molecule has 0 radical (unpaired) electrons. The Hall–Kier alpha value is -4.06. The van der Waals surface area contributed by atoms with E-state index in [4.69, 9.17) is 14.6 Å². The van der Waals surface area contributed by atoms with Gasteiger partial charge in [-0.05, 0) is 33.2 Å². The van der Waals surface area contributed by atoms with E-state index in [9.17, 15) is 14.7 Å². The van der Waals surface area contributed by atoms with Crippen molar-refractivity contribution in [3.05, 3.63) is 72.8 Å². The molecule has 0 aromatic heterocycles. The normalized spacial score (nSPS) is 10.8. The summed E-state index contributed by atoms with van der Waals surface area (Å²) in [5, 5.41) is 21.9. The molecule has 4 aromatic rings. The van der Waals surface area contributed by atoms with Gasteiger partial charge in [-0.1, -0.05) is 66.7 Å². The maximum absolute atomic E-state index is 11.2. The lowest BCUT2D eigenvalue weighted by molar-refractivity contribution is -0.140. The lowest BCUT2D eigenvalue weighted by Gasteiger charge is -2.19. The van der Waals surface area contributed by atoms with Crippen LogP contribution in [0.1, 0.15) is 0 Å². The van der Waals surface area contributed by atoms with Gasteiger partial charge in [-0.15, -0.1) is 0 Å². The molecule has 6 nitrogen and oxygen atoms in total. The summed E-state index contributed by atoms with van der Waals surface area (Å²) in [6.07, 6.45) is 0. The summed E-state index contributed by atoms with van der Waals surface area (Å²) in [5.74, 6) is -1.90. The van der Waals surface area contributed by atoms with E-state index in [-0.39, 0.29) is 11.5 Å². The molecule has 0 heterocycles. The van der Waals surface area contributed by atoms with Crippen LogP contribution in [-0.2, 0) is 9.59 Å². The average Bonchev–Trinajstić information content (AvgIpc) is 2.75. The maximum atomic E-state index is 11.2. The Morgan fingerprint density at radius 1 is 0.700 bits per heavy atom. The maximum Gasteiger partial charge on any atom is 0.341 e. The predicted octanol–water partition coefficient (Wildman–Crippen LogP) is 4.59. The van der Waals surface area contributed by atoms with Crippen molar-refractivity contribution in [1.82, 2.24) is 0 Å². The minimum Gasteiger partial charge on any atom is -0.479 e. The van der Waals surface area contributed by atoms with E-state index in [0.29, 0.717) is 5.56 Å². The van der Waals surface area contributed by atoms with Crippen molar-refractivity contribution < 1.29 is 29.3 Å². The number of hydrogen-bond donors (Lipinski definition) is 2. The number of hydrogen-bond acceptors (Lipinski definition) is 4. The molecule has 0 aliphatic rings. The van der Waals surface area contributed by atoms with E-state index in [1.54, 1.807) is 6.07 Å². The Bertz CT molecular complexity index is 1260. The van der Waals surface area contributed by atoms with Crippen LogP contribution in [0.2, 0.25) is 0 Å². The highest BCUT2D eigenvalue weighted by molar-refractivity contribution is 6.08. The number of carboxylic acids is 2. The van der Waals surface area contributed by atoms with Crippen molar-refractivity contribution in [2.24, 2.45) is 0 Å². The van der Waals surface area contributed by atoms with Crippen LogP contribution in [0, 0.1) is 0 Å². The molecule has 30 heavy (non-hydrogen) atoms. The molecule has 0 bridgehead atoms. The number of fused-ring (bicyclic) bond motifs is 2. The van der Waals surface area contributed by atoms with Crippen LogP contribution in [0.4, 0.5) is 0 Å². The Balaban J connectivity index is 2.05. The first-order valence-corrected chi connectivity index (χ1v) is 9.27. The second kappa shape index (κ2) is 8.13. The molecule has 0 aliphatic heterocycles. The molecule has 4 aromatic carbocycles. The first-order chi connectivity index (χ1) is 14.5. The van der Waals surface area contributed by atoms with Gasteiger partial charge in [-0.3, -0.25) is 0 Å². The molecule has 0 unspecified atom stereocenters. The molecule has 0 aliphatic carbocycles. The number of aliphatic carboxylic acids is 2. The van der Waals surface area contributed by atoms with E-state index in [0.717, 1.165) is 27.1 Å². The van der Waals surface area contributed by atoms with Gasteiger partial charge >= 0.3 is 11.9 Å². The zero-order valence-corrected chi connectivity index (χ0v) is 15.9. The Morgan fingerprint density at radius 2 is 1.30 bits per heavy atom. The molecule has 0 fully saturated rings. The molecule has 6 heteroatoms. The fraction of sp³-hybridized carbons (Fsp3) is 0.0833. The van der Waals surface area contributed by atoms with Crippen molar-refractivity contribution in [2.45, 2.75) is 0 Å². The predicted molar refractivity (Wildman–Crippen MR) is 113 cm³/mol. The molecule has 0 amide bonds. The number of carboxylic acid groups (broad SMARTS) is 2. The average molecular weight is 402 g/mol. The molecule has 4 rings (SSSR count). The van der Waals surface area contributed by atoms with Crippen molar-refractivity contribution in [2.75, 3.05) is 13.2 Å². The first-order valence-electron chi connectivity index (χ1n) is 9.27. The highest BCUT2D eigenvalue weighted by atomic mass is 16.5. The van der Waals surface area contributed by atoms with Crippen LogP contribution in [0.3, 0.4) is 0 Å². The van der Waals surface area contributed by atoms with E-state index in [1.807, 2.05) is 66.7 Å². The van der Waals surface area contributed by atoms with Gasteiger partial charge in [0.25, 0.3) is 0 Å². The number of benzene rings is 4. The van der Waals surface area contributed by atoms with Gasteiger partial charge in [-0.25, -0.2) is 9.59 Å². The van der Waals surface area contributed by atoms with Crippen LogP contribution in [0.25, 0.3) is 32.7 Å². The van der Waals surface area contributed by atoms with Gasteiger partial charge in [0.1, 0.15) is 0 Å². The van der Waals surface area contributed by atoms with Crippen molar-refractivity contribution in [1.29, 1.82) is 0 Å². The van der Waals surface area contributed by atoms with Gasteiger partial charge in [0.2, 0.25) is 0 Å². The summed E-state index contributed by atoms with van der Waals surface area (Å²) in [5.41, 5.74) is 1.50. The Morgan fingerprint density at radius 3 is 2.03 bits per heavy atom. The minimum atomic E-state index is -1.14. The highest BCUT2D eigenvalue weighted by Crippen LogP contribution is 2.46. The third kappa shape index (κ3) is 3.75. The standard InChI is InChI=1S/C24H18O6/c25-21(26)13-29-20-12-16-7-2-4-10-18(16)23(24(20)30-14-22(27)28)19-11-5-8-15-6-1-3-9-17(15)19/h1-12H,13-14H2,(H,25,26)(H,27,28). The topological polar surface area (TPSA) is 93.1 Å². The molecule has 0 saturated heterocycles. The molecule has 0 atom stereocenters. The van der Waals surface area contributed by atoms with Crippen molar-refractivity contribution in [3.8, 4) is 22.6 Å². The molecule has 0 spiro atoms. The summed E-state index contributed by atoms with van der Waals surface area (Å²) in [4.78, 5) is 22.3. The van der Waals surface area contributed by atoms with Gasteiger partial charge in [0.15, 0.2) is 24.7 Å². The second-order valence-corrected chi connectivity index (χ2v) is 6.69. The number of rotatable bonds is 7. The van der Waals surface area contributed by atoms with Crippen LogP contribution < -0.4 is 9.47 Å². The highest BCUT2D eigenvalue weighted by Gasteiger charge is 2.21. The Labute approximate surface area is 171 Å². The van der Waals surface area contributed by atoms with Crippen LogP contribution in [-0.4, -0.2) is 35.4 Å². The van der Waals surface area contributed by atoms with Crippen LogP contribution >= 0.6 is 0 Å². The van der Waals surface area contributed by atoms with Gasteiger partial charge in [0, 0.05) is 5.56 Å². The molecular formula is C24H18O6. The van der Waals surface area contributed by atoms with Gasteiger partial charge in [0.05, 0.1) is 0 Å². The Kier molecular flexibility index (Phi) is 5.22. The van der Waals surface area contributed by atoms with Crippen LogP contribution in [0.5, 0.6) is 11.5 Å². The quantitative estimate of drug-likeness (QED) is 0.470. The summed E-state index contributed by atoms with van der Waals surface area (Å²) < 4.78 is 11.2. The van der Waals surface area contributed by atoms with Crippen LogP contribution in [0.15, 0.2) is 72.8 Å². The molecule has 150 valence electrons. The smallest absolute Gasteiger partial charge is 0.341 e. The van der Waals surface area contributed by atoms with E-state index in [1.165, 1.54) is 0 Å². The van der Waals surface area contributed by atoms with Gasteiger partial charge in [-0.2, -0.15) is 0 Å². The third-order valence-electron chi connectivity index (χ3n) is 4.72. The lowest BCUT2D eigenvalue weighted by Crippen LogP contribution is -2.13. The number of carbonyl (C=O) groups is 2. The lowest BCUT2D eigenvalue weighted by atomic mass is 9.92. The second-order valence-electron chi connectivity index (χ2n) is 6.69. The van der Waals surface area contributed by atoms with E-state index < -0.39 is 25.2 Å². The fourth-order valence-corrected chi connectivity index (χ4v) is 3.54. The fourth-order valence-electron chi connectivity index (χ4n) is 3.54. The van der Waals surface area contributed by atoms with Crippen molar-refractivity contribution in [3.63, 3.8) is 0 Å². The summed E-state index contributed by atoms with van der Waals surface area (Å²) in [6.45, 7) is -1.16. The summed E-state index contributed by atoms with van der Waals surface area (Å²) in [6, 6.07) is 22.9. The largest absolute Gasteiger partial charge is 0.479 e. The number of ether oxygens (including phenoxy) is 2. The van der Waals surface area contributed by atoms with E-state index in [2.05, 4.69) is 0 Å². The SMILES string of the molecule is O=C(O)COc1cc2ccccc2c(-c2cccc3ccccc23)c1OCC(=O)O. The molecule has 0 saturated carbocycles. The summed E-state index contributed by atoms with van der Waals surface area (Å²) in [7, 11) is 0. The molecular weight excluding hydrogens is 384 g/mol. The first kappa shape index (κ1) is 19.3. The van der Waals surface area contributed by atoms with Crippen molar-refractivity contribution >= 4 is 33.5 Å². The summed E-state index contributed by atoms with van der Waals surface area (Å²) >= 11 is 0. The molecule has 2 N–H and O–H groups in total. The zero-order chi connectivity index (χ0) is 21.1. The zero-order valence-electron chi connectivity index (χ0n) is 15.9. The van der Waals surface area contributed by atoms with Gasteiger partial charge < -0.3 is 19.7 Å². The third-order valence-corrected chi connectivity index (χ3v) is 4.72. The minimum absolute atomic E-state index is 0.181. The van der Waals surface area contributed by atoms with E-state index >= 15 is 0 Å².